The Bertz CT molecular complexity index is 284. The summed E-state index contributed by atoms with van der Waals surface area (Å²) in [7, 11) is 0. The zero-order valence-electron chi connectivity index (χ0n) is 12.6. The van der Waals surface area contributed by atoms with E-state index < -0.39 is 5.97 Å². The van der Waals surface area contributed by atoms with Gasteiger partial charge in [-0.05, 0) is 32.1 Å². The van der Waals surface area contributed by atoms with Crippen LogP contribution in [0.15, 0.2) is 0 Å². The Morgan fingerprint density at radius 2 is 1.95 bits per heavy atom. The van der Waals surface area contributed by atoms with Crippen molar-refractivity contribution >= 4 is 12.0 Å². The van der Waals surface area contributed by atoms with Crippen molar-refractivity contribution in [2.45, 2.75) is 46.0 Å². The molecular weight excluding hydrogens is 260 g/mol. The number of aliphatic hydroxyl groups excluding tert-OH is 1. The lowest BCUT2D eigenvalue weighted by molar-refractivity contribution is -0.137. The highest BCUT2D eigenvalue weighted by molar-refractivity contribution is 5.74. The molecule has 0 aromatic rings. The molecule has 20 heavy (non-hydrogen) atoms. The summed E-state index contributed by atoms with van der Waals surface area (Å²) in [4.78, 5) is 24.0. The standard InChI is InChI=1S/C14H28N2O4/c1-3-12(6-7-13(18)19)8-9-15-14(20)16(4-2)10-5-11-17/h12,17H,3-11H2,1-2H3,(H,15,20)(H,18,19). The molecule has 0 heterocycles. The fourth-order valence-corrected chi connectivity index (χ4v) is 2.04. The molecule has 3 N–H and O–H groups in total. The Hall–Kier alpha value is -1.30. The van der Waals surface area contributed by atoms with Crippen molar-refractivity contribution in [1.29, 1.82) is 0 Å². The van der Waals surface area contributed by atoms with E-state index in [0.717, 1.165) is 12.8 Å². The Balaban J connectivity index is 3.94. The molecule has 0 aromatic heterocycles. The molecule has 0 aromatic carbocycles. The molecule has 1 unspecified atom stereocenters. The smallest absolute Gasteiger partial charge is 0.317 e. The lowest BCUT2D eigenvalue weighted by Gasteiger charge is -2.22. The number of nitrogens with one attached hydrogen (secondary N) is 1. The molecule has 6 heteroatoms. The molecule has 0 aliphatic heterocycles. The average molecular weight is 288 g/mol. The minimum atomic E-state index is -0.770. The fourth-order valence-electron chi connectivity index (χ4n) is 2.04. The summed E-state index contributed by atoms with van der Waals surface area (Å²) in [6.45, 7) is 5.74. The molecule has 0 rings (SSSR count). The lowest BCUT2D eigenvalue weighted by atomic mass is 9.97. The van der Waals surface area contributed by atoms with E-state index in [4.69, 9.17) is 10.2 Å². The first-order valence-corrected chi connectivity index (χ1v) is 7.40. The summed E-state index contributed by atoms with van der Waals surface area (Å²) in [6.07, 6.45) is 3.14. The average Bonchev–Trinajstić information content (AvgIpc) is 2.43. The predicted octanol–water partition coefficient (Wildman–Crippen LogP) is 1.68. The number of carboxylic acids is 1. The molecule has 0 bridgehead atoms. The van der Waals surface area contributed by atoms with E-state index in [1.807, 2.05) is 13.8 Å². The van der Waals surface area contributed by atoms with Crippen molar-refractivity contribution < 1.29 is 19.8 Å². The van der Waals surface area contributed by atoms with Crippen LogP contribution in [-0.2, 0) is 4.79 Å². The van der Waals surface area contributed by atoms with Crippen LogP contribution in [-0.4, -0.2) is 53.4 Å². The number of aliphatic carboxylic acids is 1. The maximum Gasteiger partial charge on any atom is 0.317 e. The van der Waals surface area contributed by atoms with Gasteiger partial charge in [0, 0.05) is 32.7 Å². The van der Waals surface area contributed by atoms with E-state index in [0.29, 0.717) is 38.4 Å². The predicted molar refractivity (Wildman–Crippen MR) is 77.6 cm³/mol. The molecule has 1 atom stereocenters. The Kier molecular flexibility index (Phi) is 10.8. The zero-order chi connectivity index (χ0) is 15.4. The molecule has 0 saturated heterocycles. The summed E-state index contributed by atoms with van der Waals surface area (Å²) in [5.74, 6) is -0.437. The van der Waals surface area contributed by atoms with Crippen LogP contribution >= 0.6 is 0 Å². The molecule has 6 nitrogen and oxygen atoms in total. The van der Waals surface area contributed by atoms with Gasteiger partial charge in [0.2, 0.25) is 0 Å². The van der Waals surface area contributed by atoms with Crippen LogP contribution in [0.25, 0.3) is 0 Å². The monoisotopic (exact) mass is 288 g/mol. The van der Waals surface area contributed by atoms with E-state index in [2.05, 4.69) is 5.32 Å². The highest BCUT2D eigenvalue weighted by Crippen LogP contribution is 2.14. The van der Waals surface area contributed by atoms with Crippen LogP contribution in [0.1, 0.15) is 46.0 Å². The van der Waals surface area contributed by atoms with Gasteiger partial charge >= 0.3 is 12.0 Å². The third kappa shape index (κ3) is 8.74. The summed E-state index contributed by atoms with van der Waals surface area (Å²) in [5, 5.41) is 20.3. The number of carbonyl (C=O) groups is 2. The molecule has 0 saturated carbocycles. The van der Waals surface area contributed by atoms with Gasteiger partial charge in [0.15, 0.2) is 0 Å². The molecule has 0 aliphatic carbocycles. The van der Waals surface area contributed by atoms with Gasteiger partial charge in [-0.1, -0.05) is 13.3 Å². The summed E-state index contributed by atoms with van der Waals surface area (Å²) >= 11 is 0. The molecule has 118 valence electrons. The molecular formula is C14H28N2O4. The number of urea groups is 1. The third-order valence-corrected chi connectivity index (χ3v) is 3.43. The first-order valence-electron chi connectivity index (χ1n) is 7.40. The van der Waals surface area contributed by atoms with Gasteiger partial charge in [0.1, 0.15) is 0 Å². The Labute approximate surface area is 121 Å². The van der Waals surface area contributed by atoms with Crippen molar-refractivity contribution in [3.8, 4) is 0 Å². The zero-order valence-corrected chi connectivity index (χ0v) is 12.6. The van der Waals surface area contributed by atoms with Crippen LogP contribution in [0.2, 0.25) is 0 Å². The van der Waals surface area contributed by atoms with Gasteiger partial charge in [-0.2, -0.15) is 0 Å². The summed E-state index contributed by atoms with van der Waals surface area (Å²) < 4.78 is 0. The number of amides is 2. The number of aliphatic hydroxyl groups is 1. The highest BCUT2D eigenvalue weighted by atomic mass is 16.4. The van der Waals surface area contributed by atoms with Gasteiger partial charge in [0.25, 0.3) is 0 Å². The normalized spacial score (nSPS) is 11.9. The number of hydrogen-bond acceptors (Lipinski definition) is 3. The second kappa shape index (κ2) is 11.5. The van der Waals surface area contributed by atoms with Crippen LogP contribution in [0.5, 0.6) is 0 Å². The van der Waals surface area contributed by atoms with Gasteiger partial charge in [-0.25, -0.2) is 4.79 Å². The SMILES string of the molecule is CCC(CCNC(=O)N(CC)CCCO)CCC(=O)O. The quantitative estimate of drug-likeness (QED) is 0.539. The van der Waals surface area contributed by atoms with Crippen LogP contribution < -0.4 is 5.32 Å². The third-order valence-electron chi connectivity index (χ3n) is 3.43. The maximum absolute atomic E-state index is 11.9. The van der Waals surface area contributed by atoms with E-state index in [1.54, 1.807) is 4.90 Å². The van der Waals surface area contributed by atoms with Gasteiger partial charge in [-0.15, -0.1) is 0 Å². The van der Waals surface area contributed by atoms with Gasteiger partial charge in [-0.3, -0.25) is 4.79 Å². The van der Waals surface area contributed by atoms with Crippen molar-refractivity contribution in [3.05, 3.63) is 0 Å². The van der Waals surface area contributed by atoms with Crippen LogP contribution in [0, 0.1) is 5.92 Å². The van der Waals surface area contributed by atoms with E-state index in [9.17, 15) is 9.59 Å². The maximum atomic E-state index is 11.9. The van der Waals surface area contributed by atoms with Gasteiger partial charge < -0.3 is 20.4 Å². The highest BCUT2D eigenvalue weighted by Gasteiger charge is 2.12. The van der Waals surface area contributed by atoms with E-state index in [-0.39, 0.29) is 19.1 Å². The number of nitrogens with zero attached hydrogens (tertiary/aromatic N) is 1. The molecule has 0 aliphatic rings. The first kappa shape index (κ1) is 18.7. The largest absolute Gasteiger partial charge is 0.481 e. The Morgan fingerprint density at radius 1 is 1.25 bits per heavy atom. The van der Waals surface area contributed by atoms with Crippen molar-refractivity contribution in [1.82, 2.24) is 10.2 Å². The molecule has 0 radical (unpaired) electrons. The molecule has 2 amide bonds. The lowest BCUT2D eigenvalue weighted by Crippen LogP contribution is -2.41. The summed E-state index contributed by atoms with van der Waals surface area (Å²) in [6, 6.07) is -0.117. The first-order chi connectivity index (χ1) is 9.54. The fraction of sp³-hybridized carbons (Fsp3) is 0.857. The minimum Gasteiger partial charge on any atom is -0.481 e. The van der Waals surface area contributed by atoms with Crippen molar-refractivity contribution in [2.24, 2.45) is 5.92 Å². The Morgan fingerprint density at radius 3 is 2.45 bits per heavy atom. The minimum absolute atomic E-state index is 0.0802. The summed E-state index contributed by atoms with van der Waals surface area (Å²) in [5.41, 5.74) is 0. The second-order valence-corrected chi connectivity index (χ2v) is 4.88. The number of hydrogen-bond donors (Lipinski definition) is 3. The number of carbonyl (C=O) groups excluding carboxylic acids is 1. The van der Waals surface area contributed by atoms with Gasteiger partial charge in [0.05, 0.1) is 0 Å². The molecule has 0 fully saturated rings. The van der Waals surface area contributed by atoms with Crippen molar-refractivity contribution in [3.63, 3.8) is 0 Å². The van der Waals surface area contributed by atoms with Crippen molar-refractivity contribution in [2.75, 3.05) is 26.2 Å². The molecule has 0 spiro atoms. The number of rotatable bonds is 11. The van der Waals surface area contributed by atoms with E-state index in [1.165, 1.54) is 0 Å². The number of carboxylic acid groups (broad SMARTS) is 1. The topological polar surface area (TPSA) is 89.9 Å². The van der Waals surface area contributed by atoms with Crippen LogP contribution in [0.3, 0.4) is 0 Å². The second-order valence-electron chi connectivity index (χ2n) is 4.88. The van der Waals surface area contributed by atoms with Crippen LogP contribution in [0.4, 0.5) is 4.79 Å². The van der Waals surface area contributed by atoms with E-state index >= 15 is 0 Å².